The molecular weight excluding hydrogens is 330 g/mol. The van der Waals surface area contributed by atoms with Crippen molar-refractivity contribution < 1.29 is 0 Å². The predicted octanol–water partition coefficient (Wildman–Crippen LogP) is 3.73. The quantitative estimate of drug-likeness (QED) is 0.913. The Bertz CT molecular complexity index is 631. The van der Waals surface area contributed by atoms with Crippen molar-refractivity contribution >= 4 is 21.7 Å². The molecule has 2 aromatic rings. The third-order valence-electron chi connectivity index (χ3n) is 3.93. The van der Waals surface area contributed by atoms with Crippen LogP contribution in [0, 0.1) is 0 Å². The van der Waals surface area contributed by atoms with E-state index in [-0.39, 0.29) is 0 Å². The lowest BCUT2D eigenvalue weighted by atomic mass is 10.0. The molecule has 0 radical (unpaired) electrons. The summed E-state index contributed by atoms with van der Waals surface area (Å²) in [5.74, 6) is 2.17. The van der Waals surface area contributed by atoms with Gasteiger partial charge in [-0.1, -0.05) is 12.8 Å². The first kappa shape index (κ1) is 14.5. The molecule has 0 aliphatic heterocycles. The van der Waals surface area contributed by atoms with Gasteiger partial charge in [0.15, 0.2) is 5.82 Å². The number of nitrogens with zero attached hydrogens (tertiary/aromatic N) is 4. The van der Waals surface area contributed by atoms with E-state index in [1.165, 1.54) is 25.7 Å². The molecule has 0 saturated heterocycles. The molecule has 3 rings (SSSR count). The Morgan fingerprint density at radius 1 is 1.33 bits per heavy atom. The Morgan fingerprint density at radius 3 is 2.71 bits per heavy atom. The fourth-order valence-electron chi connectivity index (χ4n) is 2.88. The van der Waals surface area contributed by atoms with Crippen LogP contribution in [-0.2, 0) is 7.05 Å². The first-order valence-corrected chi connectivity index (χ1v) is 8.28. The fourth-order valence-corrected chi connectivity index (χ4v) is 3.53. The number of halogens is 1. The SMILES string of the molecule is CCNc1nc(-c2cnn(C)c2)nc(C2CCCC2)c1Br. The summed E-state index contributed by atoms with van der Waals surface area (Å²) in [5.41, 5.74) is 2.10. The molecule has 2 heterocycles. The van der Waals surface area contributed by atoms with Gasteiger partial charge >= 0.3 is 0 Å². The molecular formula is C15H20BrN5. The third kappa shape index (κ3) is 2.95. The van der Waals surface area contributed by atoms with Crippen LogP contribution in [0.1, 0.15) is 44.2 Å². The Balaban J connectivity index is 2.07. The second kappa shape index (κ2) is 6.13. The highest BCUT2D eigenvalue weighted by atomic mass is 79.9. The summed E-state index contributed by atoms with van der Waals surface area (Å²) in [6.07, 6.45) is 8.79. The number of anilines is 1. The maximum absolute atomic E-state index is 4.83. The summed E-state index contributed by atoms with van der Waals surface area (Å²) < 4.78 is 2.80. The van der Waals surface area contributed by atoms with Crippen LogP contribution in [0.4, 0.5) is 5.82 Å². The summed E-state index contributed by atoms with van der Waals surface area (Å²) in [4.78, 5) is 9.48. The molecule has 0 atom stereocenters. The van der Waals surface area contributed by atoms with E-state index < -0.39 is 0 Å². The van der Waals surface area contributed by atoms with Gasteiger partial charge in [0.05, 0.1) is 21.9 Å². The summed E-state index contributed by atoms with van der Waals surface area (Å²) in [6.45, 7) is 2.92. The van der Waals surface area contributed by atoms with Gasteiger partial charge in [-0.3, -0.25) is 4.68 Å². The molecule has 0 unspecified atom stereocenters. The van der Waals surface area contributed by atoms with Gasteiger partial charge in [0.25, 0.3) is 0 Å². The van der Waals surface area contributed by atoms with Crippen molar-refractivity contribution in [3.8, 4) is 11.4 Å². The lowest BCUT2D eigenvalue weighted by Crippen LogP contribution is -2.08. The predicted molar refractivity (Wildman–Crippen MR) is 87.3 cm³/mol. The lowest BCUT2D eigenvalue weighted by Gasteiger charge is -2.15. The van der Waals surface area contributed by atoms with Gasteiger partial charge in [0.1, 0.15) is 5.82 Å². The van der Waals surface area contributed by atoms with Crippen LogP contribution in [0.15, 0.2) is 16.9 Å². The van der Waals surface area contributed by atoms with E-state index in [9.17, 15) is 0 Å². The molecule has 112 valence electrons. The Labute approximate surface area is 133 Å². The van der Waals surface area contributed by atoms with Crippen molar-refractivity contribution in [1.29, 1.82) is 0 Å². The van der Waals surface area contributed by atoms with Gasteiger partial charge in [-0.15, -0.1) is 0 Å². The number of aromatic nitrogens is 4. The molecule has 5 nitrogen and oxygen atoms in total. The van der Waals surface area contributed by atoms with E-state index in [1.807, 2.05) is 19.4 Å². The smallest absolute Gasteiger partial charge is 0.165 e. The van der Waals surface area contributed by atoms with Gasteiger partial charge in [0.2, 0.25) is 0 Å². The average Bonchev–Trinajstić information content (AvgIpc) is 3.12. The Kier molecular flexibility index (Phi) is 4.24. The van der Waals surface area contributed by atoms with Gasteiger partial charge in [0, 0.05) is 25.7 Å². The zero-order chi connectivity index (χ0) is 14.8. The molecule has 6 heteroatoms. The lowest BCUT2D eigenvalue weighted by molar-refractivity contribution is 0.691. The van der Waals surface area contributed by atoms with E-state index in [1.54, 1.807) is 4.68 Å². The second-order valence-electron chi connectivity index (χ2n) is 5.51. The second-order valence-corrected chi connectivity index (χ2v) is 6.30. The molecule has 1 aliphatic rings. The normalized spacial score (nSPS) is 15.6. The number of nitrogens with one attached hydrogen (secondary N) is 1. The molecule has 0 amide bonds. The Hall–Kier alpha value is -1.43. The maximum atomic E-state index is 4.83. The molecule has 1 N–H and O–H groups in total. The van der Waals surface area contributed by atoms with Crippen molar-refractivity contribution in [2.24, 2.45) is 7.05 Å². The maximum Gasteiger partial charge on any atom is 0.165 e. The zero-order valence-corrected chi connectivity index (χ0v) is 14.0. The number of rotatable bonds is 4. The molecule has 0 aromatic carbocycles. The van der Waals surface area contributed by atoms with Crippen LogP contribution < -0.4 is 5.32 Å². The van der Waals surface area contributed by atoms with Crippen molar-refractivity contribution in [2.45, 2.75) is 38.5 Å². The third-order valence-corrected chi connectivity index (χ3v) is 4.71. The van der Waals surface area contributed by atoms with Crippen molar-refractivity contribution in [2.75, 3.05) is 11.9 Å². The first-order valence-electron chi connectivity index (χ1n) is 7.49. The van der Waals surface area contributed by atoms with Crippen LogP contribution in [0.2, 0.25) is 0 Å². The summed E-state index contributed by atoms with van der Waals surface area (Å²) >= 11 is 3.70. The van der Waals surface area contributed by atoms with E-state index in [0.717, 1.165) is 33.9 Å². The highest BCUT2D eigenvalue weighted by Gasteiger charge is 2.24. The minimum atomic E-state index is 0.537. The molecule has 1 saturated carbocycles. The number of aryl methyl sites for hydroxylation is 1. The molecule has 0 spiro atoms. The molecule has 0 bridgehead atoms. The van der Waals surface area contributed by atoms with Crippen molar-refractivity contribution in [1.82, 2.24) is 19.7 Å². The van der Waals surface area contributed by atoms with Crippen molar-refractivity contribution in [3.05, 3.63) is 22.6 Å². The Morgan fingerprint density at radius 2 is 2.10 bits per heavy atom. The zero-order valence-electron chi connectivity index (χ0n) is 12.4. The van der Waals surface area contributed by atoms with Crippen LogP contribution in [0.25, 0.3) is 11.4 Å². The van der Waals surface area contributed by atoms with Gasteiger partial charge in [-0.05, 0) is 35.7 Å². The van der Waals surface area contributed by atoms with E-state index in [0.29, 0.717) is 5.92 Å². The van der Waals surface area contributed by atoms with Crippen LogP contribution in [0.3, 0.4) is 0 Å². The van der Waals surface area contributed by atoms with Crippen LogP contribution in [-0.4, -0.2) is 26.3 Å². The fraction of sp³-hybridized carbons (Fsp3) is 0.533. The topological polar surface area (TPSA) is 55.6 Å². The molecule has 1 aliphatic carbocycles. The minimum absolute atomic E-state index is 0.537. The van der Waals surface area contributed by atoms with E-state index in [4.69, 9.17) is 4.98 Å². The van der Waals surface area contributed by atoms with Crippen LogP contribution in [0.5, 0.6) is 0 Å². The van der Waals surface area contributed by atoms with E-state index in [2.05, 4.69) is 38.3 Å². The van der Waals surface area contributed by atoms with Crippen LogP contribution >= 0.6 is 15.9 Å². The van der Waals surface area contributed by atoms with Gasteiger partial charge in [-0.25, -0.2) is 9.97 Å². The van der Waals surface area contributed by atoms with Crippen molar-refractivity contribution in [3.63, 3.8) is 0 Å². The first-order chi connectivity index (χ1) is 10.2. The average molecular weight is 350 g/mol. The number of hydrogen-bond donors (Lipinski definition) is 1. The summed E-state index contributed by atoms with van der Waals surface area (Å²) in [5, 5.41) is 7.55. The van der Waals surface area contributed by atoms with Gasteiger partial charge < -0.3 is 5.32 Å². The molecule has 1 fully saturated rings. The summed E-state index contributed by atoms with van der Waals surface area (Å²) in [7, 11) is 1.91. The monoisotopic (exact) mass is 349 g/mol. The standard InChI is InChI=1S/C15H20BrN5/c1-3-17-15-12(16)13(10-6-4-5-7-10)19-14(20-15)11-8-18-21(2)9-11/h8-10H,3-7H2,1-2H3,(H,17,19,20). The molecule has 2 aromatic heterocycles. The number of hydrogen-bond acceptors (Lipinski definition) is 4. The minimum Gasteiger partial charge on any atom is -0.369 e. The molecule has 21 heavy (non-hydrogen) atoms. The largest absolute Gasteiger partial charge is 0.369 e. The van der Waals surface area contributed by atoms with Gasteiger partial charge in [-0.2, -0.15) is 5.10 Å². The van der Waals surface area contributed by atoms with E-state index >= 15 is 0 Å². The highest BCUT2D eigenvalue weighted by Crippen LogP contribution is 2.39. The summed E-state index contributed by atoms with van der Waals surface area (Å²) in [6, 6.07) is 0. The highest BCUT2D eigenvalue weighted by molar-refractivity contribution is 9.10.